The summed E-state index contributed by atoms with van der Waals surface area (Å²) in [6.07, 6.45) is 7.42. The predicted molar refractivity (Wildman–Crippen MR) is 77.4 cm³/mol. The molecular weight excluding hydrogens is 322 g/mol. The first kappa shape index (κ1) is 13.4. The number of carbonyl (C=O) groups excluding carboxylic acids is 1. The van der Waals surface area contributed by atoms with Crippen molar-refractivity contribution in [2.24, 2.45) is 7.05 Å². The van der Waals surface area contributed by atoms with E-state index in [0.717, 1.165) is 29.7 Å². The highest BCUT2D eigenvalue weighted by molar-refractivity contribution is 9.10. The minimum absolute atomic E-state index is 0.0197. The number of rotatable bonds is 2. The molecule has 1 amide bonds. The molecule has 1 atom stereocenters. The summed E-state index contributed by atoms with van der Waals surface area (Å²) in [5.74, 6) is 1.22. The average molecular weight is 338 g/mol. The molecule has 2 aromatic rings. The number of aryl methyl sites for hydroxylation is 1. The van der Waals surface area contributed by atoms with Crippen LogP contribution in [0.25, 0.3) is 0 Å². The molecule has 0 aliphatic carbocycles. The summed E-state index contributed by atoms with van der Waals surface area (Å²) in [4.78, 5) is 21.9. The standard InChI is InChI=1S/C13H16BrN5O/c1-18-8-10(14)11(17-18)13(20)19-6-2-3-9(7-19)12-15-4-5-16-12/h4-5,8-9H,2-3,6-7H2,1H3,(H,15,16). The van der Waals surface area contributed by atoms with Gasteiger partial charge in [0.05, 0.1) is 4.47 Å². The Morgan fingerprint density at radius 1 is 1.55 bits per heavy atom. The summed E-state index contributed by atoms with van der Waals surface area (Å²) in [6.45, 7) is 1.47. The Hall–Kier alpha value is -1.63. The van der Waals surface area contributed by atoms with Crippen LogP contribution in [0.4, 0.5) is 0 Å². The second-order valence-electron chi connectivity index (χ2n) is 5.06. The molecule has 1 saturated heterocycles. The van der Waals surface area contributed by atoms with Crippen LogP contribution in [-0.2, 0) is 7.05 Å². The number of amides is 1. The second-order valence-corrected chi connectivity index (χ2v) is 5.92. The number of hydrogen-bond donors (Lipinski definition) is 1. The summed E-state index contributed by atoms with van der Waals surface area (Å²) in [5, 5.41) is 4.23. The molecule has 7 heteroatoms. The van der Waals surface area contributed by atoms with Gasteiger partial charge in [-0.3, -0.25) is 9.48 Å². The maximum Gasteiger partial charge on any atom is 0.275 e. The normalized spacial score (nSPS) is 19.3. The van der Waals surface area contributed by atoms with Crippen molar-refractivity contribution in [2.75, 3.05) is 13.1 Å². The first-order chi connectivity index (χ1) is 9.65. The fourth-order valence-corrected chi connectivity index (χ4v) is 3.18. The molecule has 1 aliphatic rings. The number of likely N-dealkylation sites (tertiary alicyclic amines) is 1. The second kappa shape index (κ2) is 5.40. The van der Waals surface area contributed by atoms with E-state index in [1.807, 2.05) is 18.1 Å². The third kappa shape index (κ3) is 2.49. The van der Waals surface area contributed by atoms with Gasteiger partial charge in [0.25, 0.3) is 5.91 Å². The highest BCUT2D eigenvalue weighted by atomic mass is 79.9. The minimum Gasteiger partial charge on any atom is -0.348 e. The lowest BCUT2D eigenvalue weighted by atomic mass is 9.97. The van der Waals surface area contributed by atoms with Crippen molar-refractivity contribution in [1.82, 2.24) is 24.6 Å². The zero-order chi connectivity index (χ0) is 14.1. The summed E-state index contributed by atoms with van der Waals surface area (Å²) in [5.41, 5.74) is 0.479. The van der Waals surface area contributed by atoms with E-state index in [1.165, 1.54) is 0 Å². The van der Waals surface area contributed by atoms with Gasteiger partial charge in [0.15, 0.2) is 5.69 Å². The third-order valence-corrected chi connectivity index (χ3v) is 4.18. The maximum atomic E-state index is 12.5. The van der Waals surface area contributed by atoms with E-state index < -0.39 is 0 Å². The largest absolute Gasteiger partial charge is 0.348 e. The molecule has 0 aromatic carbocycles. The van der Waals surface area contributed by atoms with E-state index in [1.54, 1.807) is 17.1 Å². The zero-order valence-corrected chi connectivity index (χ0v) is 12.8. The molecule has 2 aromatic heterocycles. The quantitative estimate of drug-likeness (QED) is 0.910. The van der Waals surface area contributed by atoms with E-state index in [-0.39, 0.29) is 11.8 Å². The van der Waals surface area contributed by atoms with Gasteiger partial charge in [-0.15, -0.1) is 0 Å². The summed E-state index contributed by atoms with van der Waals surface area (Å²) < 4.78 is 2.38. The van der Waals surface area contributed by atoms with Crippen molar-refractivity contribution < 1.29 is 4.79 Å². The molecule has 1 aliphatic heterocycles. The lowest BCUT2D eigenvalue weighted by Gasteiger charge is -2.31. The Morgan fingerprint density at radius 2 is 2.40 bits per heavy atom. The van der Waals surface area contributed by atoms with Gasteiger partial charge in [-0.25, -0.2) is 4.98 Å². The third-order valence-electron chi connectivity index (χ3n) is 3.60. The van der Waals surface area contributed by atoms with Crippen LogP contribution in [0.5, 0.6) is 0 Å². The monoisotopic (exact) mass is 337 g/mol. The van der Waals surface area contributed by atoms with Crippen LogP contribution in [0.2, 0.25) is 0 Å². The van der Waals surface area contributed by atoms with Gasteiger partial charge in [-0.05, 0) is 28.8 Å². The molecular formula is C13H16BrN5O. The molecule has 0 radical (unpaired) electrons. The molecule has 1 N–H and O–H groups in total. The molecule has 6 nitrogen and oxygen atoms in total. The van der Waals surface area contributed by atoms with Crippen molar-refractivity contribution in [3.63, 3.8) is 0 Å². The molecule has 0 saturated carbocycles. The van der Waals surface area contributed by atoms with E-state index in [9.17, 15) is 4.79 Å². The number of halogens is 1. The zero-order valence-electron chi connectivity index (χ0n) is 11.2. The topological polar surface area (TPSA) is 66.8 Å². The number of nitrogens with zero attached hydrogens (tertiary/aromatic N) is 4. The molecule has 106 valence electrons. The van der Waals surface area contributed by atoms with Crippen LogP contribution in [0.3, 0.4) is 0 Å². The minimum atomic E-state index is -0.0197. The van der Waals surface area contributed by atoms with Gasteiger partial charge >= 0.3 is 0 Å². The number of imidazole rings is 1. The van der Waals surface area contributed by atoms with Crippen molar-refractivity contribution in [2.45, 2.75) is 18.8 Å². The number of H-pyrrole nitrogens is 1. The maximum absolute atomic E-state index is 12.5. The average Bonchev–Trinajstić information content (AvgIpc) is 3.08. The van der Waals surface area contributed by atoms with Gasteiger partial charge in [0, 0.05) is 44.6 Å². The number of piperidine rings is 1. The van der Waals surface area contributed by atoms with E-state index in [0.29, 0.717) is 12.2 Å². The number of carbonyl (C=O) groups is 1. The van der Waals surface area contributed by atoms with Crippen molar-refractivity contribution in [3.8, 4) is 0 Å². The predicted octanol–water partition coefficient (Wildman–Crippen LogP) is 1.93. The van der Waals surface area contributed by atoms with E-state index in [4.69, 9.17) is 0 Å². The Morgan fingerprint density at radius 3 is 3.05 bits per heavy atom. The molecule has 0 spiro atoms. The molecule has 1 unspecified atom stereocenters. The molecule has 3 heterocycles. The van der Waals surface area contributed by atoms with Gasteiger partial charge in [0.2, 0.25) is 0 Å². The van der Waals surface area contributed by atoms with Crippen LogP contribution < -0.4 is 0 Å². The fraction of sp³-hybridized carbons (Fsp3) is 0.462. The molecule has 1 fully saturated rings. The van der Waals surface area contributed by atoms with Crippen molar-refractivity contribution >= 4 is 21.8 Å². The van der Waals surface area contributed by atoms with E-state index in [2.05, 4.69) is 31.0 Å². The lowest BCUT2D eigenvalue weighted by Crippen LogP contribution is -2.39. The fourth-order valence-electron chi connectivity index (χ4n) is 2.64. The number of hydrogen-bond acceptors (Lipinski definition) is 3. The Bertz CT molecular complexity index is 606. The lowest BCUT2D eigenvalue weighted by molar-refractivity contribution is 0.0697. The van der Waals surface area contributed by atoms with Crippen LogP contribution in [0.1, 0.15) is 35.1 Å². The smallest absolute Gasteiger partial charge is 0.275 e. The van der Waals surface area contributed by atoms with Gasteiger partial charge in [0.1, 0.15) is 5.82 Å². The highest BCUT2D eigenvalue weighted by Crippen LogP contribution is 2.26. The van der Waals surface area contributed by atoms with Gasteiger partial charge in [-0.1, -0.05) is 0 Å². The Labute approximate surface area is 125 Å². The van der Waals surface area contributed by atoms with Crippen LogP contribution >= 0.6 is 15.9 Å². The van der Waals surface area contributed by atoms with Crippen LogP contribution in [0.15, 0.2) is 23.1 Å². The summed E-state index contributed by atoms with van der Waals surface area (Å²) in [6, 6.07) is 0. The number of nitrogens with one attached hydrogen (secondary N) is 1. The Balaban J connectivity index is 1.77. The SMILES string of the molecule is Cn1cc(Br)c(C(=O)N2CCCC(c3ncc[nH]3)C2)n1. The highest BCUT2D eigenvalue weighted by Gasteiger charge is 2.28. The Kier molecular flexibility index (Phi) is 3.60. The van der Waals surface area contributed by atoms with Crippen LogP contribution in [0, 0.1) is 0 Å². The van der Waals surface area contributed by atoms with Crippen molar-refractivity contribution in [3.05, 3.63) is 34.6 Å². The van der Waals surface area contributed by atoms with Crippen molar-refractivity contribution in [1.29, 1.82) is 0 Å². The number of aromatic amines is 1. The molecule has 20 heavy (non-hydrogen) atoms. The molecule has 3 rings (SSSR count). The molecule has 0 bridgehead atoms. The first-order valence-corrected chi connectivity index (χ1v) is 7.42. The summed E-state index contributed by atoms with van der Waals surface area (Å²) >= 11 is 3.39. The summed E-state index contributed by atoms with van der Waals surface area (Å²) in [7, 11) is 1.81. The van der Waals surface area contributed by atoms with Crippen LogP contribution in [-0.4, -0.2) is 43.6 Å². The van der Waals surface area contributed by atoms with E-state index >= 15 is 0 Å². The van der Waals surface area contributed by atoms with Gasteiger partial charge in [-0.2, -0.15) is 5.10 Å². The first-order valence-electron chi connectivity index (χ1n) is 6.63. The number of aromatic nitrogens is 4. The van der Waals surface area contributed by atoms with Gasteiger partial charge < -0.3 is 9.88 Å².